The predicted octanol–water partition coefficient (Wildman–Crippen LogP) is 15.1. The Balaban J connectivity index is 1.35. The van der Waals surface area contributed by atoms with Crippen LogP contribution < -0.4 is 0 Å². The third-order valence-corrected chi connectivity index (χ3v) is 11.4. The Morgan fingerprint density at radius 2 is 1.09 bits per heavy atom. The van der Waals surface area contributed by atoms with Crippen LogP contribution in [-0.2, 0) is 0 Å². The Hall–Kier alpha value is -8.72. The quantitative estimate of drug-likeness (QED) is 0.115. The zero-order valence-electron chi connectivity index (χ0n) is 35.5. The van der Waals surface area contributed by atoms with Gasteiger partial charge in [-0.05, 0) is 82.8 Å². The zero-order valence-corrected chi connectivity index (χ0v) is 35.5. The summed E-state index contributed by atoms with van der Waals surface area (Å²) in [5, 5.41) is 12.2. The number of allylic oxidation sites excluding steroid dienone is 9. The van der Waals surface area contributed by atoms with Crippen molar-refractivity contribution >= 4 is 33.0 Å². The van der Waals surface area contributed by atoms with E-state index in [1.165, 1.54) is 0 Å². The molecule has 0 saturated carbocycles. The Kier molecular flexibility index (Phi) is 11.5. The lowest BCUT2D eigenvalue weighted by Gasteiger charge is -2.21. The average Bonchev–Trinajstić information content (AvgIpc) is 3.68. The van der Waals surface area contributed by atoms with Crippen LogP contribution in [0.2, 0.25) is 0 Å². The van der Waals surface area contributed by atoms with Crippen LogP contribution in [0, 0.1) is 11.3 Å². The van der Waals surface area contributed by atoms with E-state index in [1.54, 1.807) is 18.2 Å². The molecular formula is C59H43N5. The monoisotopic (exact) mass is 821 g/mol. The molecule has 9 aromatic rings. The van der Waals surface area contributed by atoms with E-state index < -0.39 is 0 Å². The first-order chi connectivity index (χ1) is 31.5. The summed E-state index contributed by atoms with van der Waals surface area (Å²) in [4.78, 5) is 15.4. The van der Waals surface area contributed by atoms with Crippen molar-refractivity contribution in [2.45, 2.75) is 6.92 Å². The van der Waals surface area contributed by atoms with Gasteiger partial charge in [-0.3, -0.25) is 0 Å². The fourth-order valence-corrected chi connectivity index (χ4v) is 8.29. The van der Waals surface area contributed by atoms with Crippen molar-refractivity contribution in [1.82, 2.24) is 19.5 Å². The Morgan fingerprint density at radius 3 is 1.66 bits per heavy atom. The highest BCUT2D eigenvalue weighted by Crippen LogP contribution is 2.44. The number of nitrogens with zero attached hydrogens (tertiary/aromatic N) is 5. The molecule has 0 saturated heterocycles. The van der Waals surface area contributed by atoms with Crippen LogP contribution in [0.5, 0.6) is 0 Å². The van der Waals surface area contributed by atoms with Crippen molar-refractivity contribution in [3.8, 4) is 67.9 Å². The summed E-state index contributed by atoms with van der Waals surface area (Å²) in [5.74, 6) is 1.54. The van der Waals surface area contributed by atoms with Gasteiger partial charge in [-0.2, -0.15) is 5.26 Å². The minimum absolute atomic E-state index is 0.489. The van der Waals surface area contributed by atoms with Crippen LogP contribution in [0.1, 0.15) is 23.9 Å². The Morgan fingerprint density at radius 1 is 0.547 bits per heavy atom. The molecule has 7 aromatic carbocycles. The third kappa shape index (κ3) is 7.84. The summed E-state index contributed by atoms with van der Waals surface area (Å²) < 4.78 is 2.35. The van der Waals surface area contributed by atoms with Gasteiger partial charge in [0.15, 0.2) is 17.5 Å². The average molecular weight is 822 g/mol. The van der Waals surface area contributed by atoms with Gasteiger partial charge in [0, 0.05) is 38.6 Å². The maximum atomic E-state index is 10.1. The molecule has 0 atom stereocenters. The second kappa shape index (κ2) is 18.1. The smallest absolute Gasteiger partial charge is 0.164 e. The molecule has 2 heterocycles. The van der Waals surface area contributed by atoms with E-state index in [2.05, 4.69) is 164 Å². The summed E-state index contributed by atoms with van der Waals surface area (Å²) in [6.07, 6.45) is 13.2. The molecule has 304 valence electrons. The van der Waals surface area contributed by atoms with Crippen LogP contribution in [0.3, 0.4) is 0 Å². The topological polar surface area (TPSA) is 67.4 Å². The number of hydrogen-bond acceptors (Lipinski definition) is 4. The first-order valence-electron chi connectivity index (χ1n) is 21.1. The lowest BCUT2D eigenvalue weighted by atomic mass is 9.92. The molecule has 0 amide bonds. The van der Waals surface area contributed by atoms with Crippen LogP contribution in [0.15, 0.2) is 226 Å². The Bertz CT molecular complexity index is 3300. The number of fused-ring (bicyclic) bond motifs is 3. The van der Waals surface area contributed by atoms with Gasteiger partial charge in [0.2, 0.25) is 0 Å². The van der Waals surface area contributed by atoms with E-state index in [0.717, 1.165) is 88.7 Å². The van der Waals surface area contributed by atoms with Crippen molar-refractivity contribution in [3.05, 3.63) is 243 Å². The number of benzene rings is 7. The van der Waals surface area contributed by atoms with E-state index in [1.807, 2.05) is 61.5 Å². The molecule has 0 spiro atoms. The van der Waals surface area contributed by atoms with E-state index in [9.17, 15) is 5.26 Å². The van der Waals surface area contributed by atoms with E-state index in [0.29, 0.717) is 23.0 Å². The first-order valence-corrected chi connectivity index (χ1v) is 21.1. The fraction of sp³-hybridized carbons (Fsp3) is 0.0169. The normalized spacial score (nSPS) is 11.8. The number of hydrogen-bond donors (Lipinski definition) is 0. The summed E-state index contributed by atoms with van der Waals surface area (Å²) >= 11 is 0. The SMILES string of the molecule is C=C/C=C\C(=C/C)c1ccc2c(c1)c1cc(C#N)ccc1n2-c1c(-c2ccccc2)cc(-c2nc(/C(C=C)=C/C=C)nc(-c3ccc(-c4ccccc4)cc3)n2)cc1-c1ccccc1. The highest BCUT2D eigenvalue weighted by molar-refractivity contribution is 6.12. The van der Waals surface area contributed by atoms with Crippen molar-refractivity contribution in [3.63, 3.8) is 0 Å². The van der Waals surface area contributed by atoms with E-state index in [-0.39, 0.29) is 0 Å². The van der Waals surface area contributed by atoms with E-state index >= 15 is 0 Å². The second-order valence-corrected chi connectivity index (χ2v) is 15.2. The lowest BCUT2D eigenvalue weighted by Crippen LogP contribution is -2.05. The molecule has 9 rings (SSSR count). The zero-order chi connectivity index (χ0) is 44.0. The van der Waals surface area contributed by atoms with Gasteiger partial charge in [-0.15, -0.1) is 0 Å². The molecule has 0 bridgehead atoms. The molecule has 64 heavy (non-hydrogen) atoms. The number of rotatable bonds is 12. The molecular weight excluding hydrogens is 779 g/mol. The molecule has 0 N–H and O–H groups in total. The molecule has 2 aromatic heterocycles. The van der Waals surface area contributed by atoms with Gasteiger partial charge >= 0.3 is 0 Å². The molecule has 0 aliphatic carbocycles. The minimum Gasteiger partial charge on any atom is -0.308 e. The fourth-order valence-electron chi connectivity index (χ4n) is 8.29. The highest BCUT2D eigenvalue weighted by Gasteiger charge is 2.24. The van der Waals surface area contributed by atoms with Crippen molar-refractivity contribution in [2.75, 3.05) is 0 Å². The third-order valence-electron chi connectivity index (χ3n) is 11.4. The molecule has 0 unspecified atom stereocenters. The molecule has 0 aliphatic rings. The molecule has 0 fully saturated rings. The predicted molar refractivity (Wildman–Crippen MR) is 267 cm³/mol. The highest BCUT2D eigenvalue weighted by atomic mass is 15.0. The minimum atomic E-state index is 0.489. The summed E-state index contributed by atoms with van der Waals surface area (Å²) in [7, 11) is 0. The van der Waals surface area contributed by atoms with Gasteiger partial charge in [0.25, 0.3) is 0 Å². The van der Waals surface area contributed by atoms with Crippen molar-refractivity contribution < 1.29 is 0 Å². The van der Waals surface area contributed by atoms with Crippen molar-refractivity contribution in [2.24, 2.45) is 0 Å². The summed E-state index contributed by atoms with van der Waals surface area (Å²) in [6, 6.07) is 58.8. The van der Waals surface area contributed by atoms with Gasteiger partial charge in [0.05, 0.1) is 28.4 Å². The van der Waals surface area contributed by atoms with Gasteiger partial charge in [-0.25, -0.2) is 15.0 Å². The van der Waals surface area contributed by atoms with Crippen LogP contribution in [0.25, 0.3) is 94.8 Å². The molecule has 5 heteroatoms. The first kappa shape index (κ1) is 40.7. The van der Waals surface area contributed by atoms with Gasteiger partial charge in [0.1, 0.15) is 0 Å². The second-order valence-electron chi connectivity index (χ2n) is 15.2. The largest absolute Gasteiger partial charge is 0.308 e. The lowest BCUT2D eigenvalue weighted by molar-refractivity contribution is 1.04. The van der Waals surface area contributed by atoms with Crippen LogP contribution in [-0.4, -0.2) is 19.5 Å². The maximum absolute atomic E-state index is 10.1. The number of nitriles is 1. The van der Waals surface area contributed by atoms with Crippen LogP contribution in [0.4, 0.5) is 0 Å². The van der Waals surface area contributed by atoms with Gasteiger partial charge < -0.3 is 4.57 Å². The maximum Gasteiger partial charge on any atom is 0.164 e. The molecule has 0 radical (unpaired) electrons. The molecule has 0 aliphatic heterocycles. The molecule has 5 nitrogen and oxygen atoms in total. The standard InChI is InChI=1S/C59H43N5/c1-5-9-20-41(7-3)48-32-34-55-53(36-48)52-35-40(39-60)27-33-54(52)64(55)56-50(45-23-15-11-16-24-45)37-49(38-51(56)46-25-17-12-18-26-46)59-62-57(42(8-4)19-6-2)61-58(63-59)47-30-28-44(29-31-47)43-21-13-10-14-22-43/h5-38H,1-2,4H2,3H3/b20-9-,41-7+,42-19+. The van der Waals surface area contributed by atoms with Gasteiger partial charge in [-0.1, -0.05) is 184 Å². The van der Waals surface area contributed by atoms with E-state index in [4.69, 9.17) is 15.0 Å². The van der Waals surface area contributed by atoms with Crippen LogP contribution >= 0.6 is 0 Å². The summed E-state index contributed by atoms with van der Waals surface area (Å²) in [6.45, 7) is 14.0. The van der Waals surface area contributed by atoms with Crippen molar-refractivity contribution in [1.29, 1.82) is 5.26 Å². The number of aromatic nitrogens is 4. The Labute approximate surface area is 374 Å². The summed E-state index contributed by atoms with van der Waals surface area (Å²) in [5.41, 5.74) is 14.3.